The van der Waals surface area contributed by atoms with Gasteiger partial charge in [-0.3, -0.25) is 5.10 Å². The number of rotatable bonds is 5. The number of amides is 1. The van der Waals surface area contributed by atoms with Gasteiger partial charge in [-0.2, -0.15) is 10.1 Å². The Labute approximate surface area is 138 Å². The molecule has 2 atom stereocenters. The second kappa shape index (κ2) is 6.71. The van der Waals surface area contributed by atoms with E-state index in [1.165, 1.54) is 0 Å². The maximum absolute atomic E-state index is 10.9. The van der Waals surface area contributed by atoms with Crippen LogP contribution < -0.4 is 15.5 Å². The Kier molecular flexibility index (Phi) is 4.47. The van der Waals surface area contributed by atoms with Gasteiger partial charge in [0.2, 0.25) is 5.95 Å². The van der Waals surface area contributed by atoms with Crippen molar-refractivity contribution in [3.05, 3.63) is 24.0 Å². The molecule has 0 spiro atoms. The van der Waals surface area contributed by atoms with Crippen LogP contribution in [0.4, 0.5) is 22.4 Å². The Bertz CT molecular complexity index is 706. The Morgan fingerprint density at radius 2 is 2.29 bits per heavy atom. The minimum atomic E-state index is -1.07. The summed E-state index contributed by atoms with van der Waals surface area (Å²) in [4.78, 5) is 21.8. The van der Waals surface area contributed by atoms with Crippen molar-refractivity contribution in [3.8, 4) is 0 Å². The number of H-pyrrole nitrogens is 1. The van der Waals surface area contributed by atoms with E-state index in [9.17, 15) is 4.79 Å². The first kappa shape index (κ1) is 16.0. The molecule has 128 valence electrons. The van der Waals surface area contributed by atoms with Gasteiger partial charge in [0.15, 0.2) is 0 Å². The zero-order valence-electron chi connectivity index (χ0n) is 13.4. The van der Waals surface area contributed by atoms with Gasteiger partial charge in [-0.05, 0) is 6.92 Å². The number of ether oxygens (including phenoxy) is 1. The maximum Gasteiger partial charge on any atom is 0.405 e. The zero-order chi connectivity index (χ0) is 17.1. The lowest BCUT2D eigenvalue weighted by Crippen LogP contribution is -2.42. The van der Waals surface area contributed by atoms with E-state index in [2.05, 4.69) is 30.8 Å². The largest absolute Gasteiger partial charge is 0.465 e. The van der Waals surface area contributed by atoms with Crippen molar-refractivity contribution in [3.63, 3.8) is 0 Å². The van der Waals surface area contributed by atoms with E-state index >= 15 is 0 Å². The van der Waals surface area contributed by atoms with Crippen LogP contribution in [0, 0.1) is 6.92 Å². The topological polar surface area (TPSA) is 128 Å². The fraction of sp³-hybridized carbons (Fsp3) is 0.429. The highest BCUT2D eigenvalue weighted by molar-refractivity contribution is 5.65. The highest BCUT2D eigenvalue weighted by atomic mass is 16.5. The van der Waals surface area contributed by atoms with Gasteiger partial charge in [-0.25, -0.2) is 9.78 Å². The Morgan fingerprint density at radius 3 is 2.96 bits per heavy atom. The first-order valence-electron chi connectivity index (χ1n) is 7.44. The molecule has 10 heteroatoms. The molecule has 1 aliphatic rings. The molecule has 3 heterocycles. The SMILES string of the molecule is CO[C@@H]1CN(c2nc(C)cc(Nc3ccn[nH]3)n2)C[C@H]1NC(=O)O. The third-order valence-electron chi connectivity index (χ3n) is 3.77. The first-order valence-corrected chi connectivity index (χ1v) is 7.44. The number of nitrogens with zero attached hydrogens (tertiary/aromatic N) is 4. The Hall–Kier alpha value is -2.88. The summed E-state index contributed by atoms with van der Waals surface area (Å²) in [6, 6.07) is 3.28. The van der Waals surface area contributed by atoms with Crippen LogP contribution in [-0.2, 0) is 4.74 Å². The number of carboxylic acid groups (broad SMARTS) is 1. The summed E-state index contributed by atoms with van der Waals surface area (Å²) in [7, 11) is 1.56. The molecule has 1 fully saturated rings. The number of hydrogen-bond donors (Lipinski definition) is 4. The van der Waals surface area contributed by atoms with Crippen molar-refractivity contribution in [1.29, 1.82) is 0 Å². The predicted octanol–water partition coefficient (Wildman–Crippen LogP) is 0.723. The Morgan fingerprint density at radius 1 is 1.46 bits per heavy atom. The molecular formula is C14H19N7O3. The fourth-order valence-electron chi connectivity index (χ4n) is 2.70. The predicted molar refractivity (Wildman–Crippen MR) is 86.6 cm³/mol. The summed E-state index contributed by atoms with van der Waals surface area (Å²) >= 11 is 0. The van der Waals surface area contributed by atoms with Crippen LogP contribution in [0.15, 0.2) is 18.3 Å². The van der Waals surface area contributed by atoms with Crippen LogP contribution in [0.2, 0.25) is 0 Å². The fourth-order valence-corrected chi connectivity index (χ4v) is 2.70. The summed E-state index contributed by atoms with van der Waals surface area (Å²) in [5.41, 5.74) is 0.797. The van der Waals surface area contributed by atoms with E-state index in [0.29, 0.717) is 24.9 Å². The van der Waals surface area contributed by atoms with Gasteiger partial charge in [0.25, 0.3) is 0 Å². The zero-order valence-corrected chi connectivity index (χ0v) is 13.4. The molecule has 0 bridgehead atoms. The monoisotopic (exact) mass is 333 g/mol. The standard InChI is InChI=1S/C14H19N7O3/c1-8-5-12(18-11-3-4-15-20-11)19-13(16-8)21-6-9(17-14(22)23)10(7-21)24-2/h3-5,9-10,17H,6-7H2,1-2H3,(H,22,23)(H2,15,16,18,19,20)/t9-,10-/m1/s1. The van der Waals surface area contributed by atoms with Crippen LogP contribution in [0.1, 0.15) is 5.69 Å². The summed E-state index contributed by atoms with van der Waals surface area (Å²) in [6.45, 7) is 2.83. The molecule has 0 aliphatic carbocycles. The minimum absolute atomic E-state index is 0.255. The van der Waals surface area contributed by atoms with Crippen LogP contribution in [0.5, 0.6) is 0 Å². The lowest BCUT2D eigenvalue weighted by Gasteiger charge is -2.17. The molecule has 1 saturated heterocycles. The van der Waals surface area contributed by atoms with E-state index in [1.807, 2.05) is 17.9 Å². The average Bonchev–Trinajstić information content (AvgIpc) is 3.15. The van der Waals surface area contributed by atoms with Gasteiger partial charge in [0.05, 0.1) is 18.3 Å². The highest BCUT2D eigenvalue weighted by Crippen LogP contribution is 2.22. The van der Waals surface area contributed by atoms with Gasteiger partial charge in [0, 0.05) is 38.0 Å². The molecule has 2 aromatic rings. The summed E-state index contributed by atoms with van der Waals surface area (Å²) in [5.74, 6) is 1.87. The lowest BCUT2D eigenvalue weighted by atomic mass is 10.2. The summed E-state index contributed by atoms with van der Waals surface area (Å²) in [5, 5.41) is 21.2. The molecule has 0 radical (unpaired) electrons. The molecule has 3 rings (SSSR count). The lowest BCUT2D eigenvalue weighted by molar-refractivity contribution is 0.0949. The van der Waals surface area contributed by atoms with E-state index in [-0.39, 0.29) is 12.1 Å². The van der Waals surface area contributed by atoms with Crippen molar-refractivity contribution in [2.24, 2.45) is 0 Å². The van der Waals surface area contributed by atoms with Crippen LogP contribution in [0.3, 0.4) is 0 Å². The third kappa shape index (κ3) is 3.54. The number of aryl methyl sites for hydroxylation is 1. The Balaban J connectivity index is 1.79. The highest BCUT2D eigenvalue weighted by Gasteiger charge is 2.35. The van der Waals surface area contributed by atoms with Gasteiger partial charge in [0.1, 0.15) is 11.6 Å². The quantitative estimate of drug-likeness (QED) is 0.630. The first-order chi connectivity index (χ1) is 11.5. The molecule has 10 nitrogen and oxygen atoms in total. The number of nitrogens with one attached hydrogen (secondary N) is 3. The van der Waals surface area contributed by atoms with E-state index in [4.69, 9.17) is 9.84 Å². The maximum atomic E-state index is 10.9. The van der Waals surface area contributed by atoms with Gasteiger partial charge in [-0.1, -0.05) is 0 Å². The average molecular weight is 333 g/mol. The van der Waals surface area contributed by atoms with E-state index in [1.54, 1.807) is 19.4 Å². The van der Waals surface area contributed by atoms with Crippen molar-refractivity contribution >= 4 is 23.7 Å². The number of methoxy groups -OCH3 is 1. The van der Waals surface area contributed by atoms with E-state index in [0.717, 1.165) is 11.5 Å². The smallest absolute Gasteiger partial charge is 0.405 e. The van der Waals surface area contributed by atoms with E-state index < -0.39 is 6.09 Å². The normalized spacial score (nSPS) is 20.2. The van der Waals surface area contributed by atoms with Crippen LogP contribution >= 0.6 is 0 Å². The number of anilines is 3. The molecule has 2 aromatic heterocycles. The summed E-state index contributed by atoms with van der Waals surface area (Å²) in [6.07, 6.45) is 0.313. The minimum Gasteiger partial charge on any atom is -0.465 e. The van der Waals surface area contributed by atoms with Gasteiger partial charge in [-0.15, -0.1) is 0 Å². The molecule has 1 aliphatic heterocycles. The van der Waals surface area contributed by atoms with Crippen molar-refractivity contribution in [1.82, 2.24) is 25.5 Å². The molecule has 0 unspecified atom stereocenters. The molecule has 1 amide bonds. The number of aromatic nitrogens is 4. The molecule has 0 aromatic carbocycles. The molecular weight excluding hydrogens is 314 g/mol. The van der Waals surface area contributed by atoms with Gasteiger partial charge < -0.3 is 25.4 Å². The second-order valence-corrected chi connectivity index (χ2v) is 5.53. The van der Waals surface area contributed by atoms with Crippen LogP contribution in [0.25, 0.3) is 0 Å². The number of aromatic amines is 1. The van der Waals surface area contributed by atoms with Crippen LogP contribution in [-0.4, -0.2) is 63.7 Å². The molecule has 0 saturated carbocycles. The summed E-state index contributed by atoms with van der Waals surface area (Å²) < 4.78 is 5.37. The van der Waals surface area contributed by atoms with Crippen molar-refractivity contribution < 1.29 is 14.6 Å². The third-order valence-corrected chi connectivity index (χ3v) is 3.77. The second-order valence-electron chi connectivity index (χ2n) is 5.53. The van der Waals surface area contributed by atoms with Gasteiger partial charge >= 0.3 is 6.09 Å². The number of hydrogen-bond acceptors (Lipinski definition) is 7. The molecule has 4 N–H and O–H groups in total. The van der Waals surface area contributed by atoms with Crippen molar-refractivity contribution in [2.45, 2.75) is 19.1 Å². The van der Waals surface area contributed by atoms with Crippen molar-refractivity contribution in [2.75, 3.05) is 30.4 Å². The number of carbonyl (C=O) groups is 1. The molecule has 24 heavy (non-hydrogen) atoms.